The first-order valence-electron chi connectivity index (χ1n) is 6.41. The van der Waals surface area contributed by atoms with E-state index in [0.29, 0.717) is 36.8 Å². The number of sulfonamides is 1. The van der Waals surface area contributed by atoms with Crippen LogP contribution in [0.2, 0.25) is 0 Å². The molecule has 6 nitrogen and oxygen atoms in total. The second kappa shape index (κ2) is 4.91. The maximum Gasteiger partial charge on any atom is 0.243 e. The van der Waals surface area contributed by atoms with Crippen LogP contribution in [0.15, 0.2) is 17.0 Å². The second-order valence-electron chi connectivity index (χ2n) is 5.11. The van der Waals surface area contributed by atoms with Gasteiger partial charge in [0, 0.05) is 32.2 Å². The highest BCUT2D eigenvalue weighted by atomic mass is 32.2. The van der Waals surface area contributed by atoms with Crippen LogP contribution in [0.1, 0.15) is 5.56 Å². The Morgan fingerprint density at radius 3 is 2.60 bits per heavy atom. The smallest absolute Gasteiger partial charge is 0.243 e. The quantitative estimate of drug-likeness (QED) is 0.829. The van der Waals surface area contributed by atoms with Gasteiger partial charge >= 0.3 is 0 Å². The number of rotatable bonds is 4. The van der Waals surface area contributed by atoms with E-state index < -0.39 is 10.0 Å². The maximum absolute atomic E-state index is 12.6. The molecule has 0 aliphatic carbocycles. The molecule has 0 atom stereocenters. The molecule has 0 bridgehead atoms. The third kappa shape index (κ3) is 2.15. The van der Waals surface area contributed by atoms with Crippen molar-refractivity contribution in [3.8, 4) is 11.5 Å². The normalized spacial score (nSPS) is 19.1. The fraction of sp³-hybridized carbons (Fsp3) is 0.538. The minimum atomic E-state index is -3.46. The van der Waals surface area contributed by atoms with Crippen molar-refractivity contribution >= 4 is 10.0 Å². The molecule has 0 spiro atoms. The van der Waals surface area contributed by atoms with Crippen molar-refractivity contribution < 1.29 is 22.6 Å². The zero-order valence-electron chi connectivity index (χ0n) is 11.5. The zero-order chi connectivity index (χ0) is 14.3. The van der Waals surface area contributed by atoms with Crippen LogP contribution in [-0.4, -0.2) is 46.3 Å². The molecule has 7 heteroatoms. The summed E-state index contributed by atoms with van der Waals surface area (Å²) in [4.78, 5) is 0.289. The summed E-state index contributed by atoms with van der Waals surface area (Å²) in [5, 5.41) is 0. The van der Waals surface area contributed by atoms with Gasteiger partial charge in [-0.3, -0.25) is 0 Å². The van der Waals surface area contributed by atoms with Gasteiger partial charge in [-0.1, -0.05) is 0 Å². The predicted octanol–water partition coefficient (Wildman–Crippen LogP) is 0.991. The molecule has 2 heterocycles. The molecular weight excluding hydrogens is 282 g/mol. The molecule has 0 N–H and O–H groups in total. The van der Waals surface area contributed by atoms with E-state index in [2.05, 4.69) is 0 Å². The Balaban J connectivity index is 1.86. The molecule has 1 fully saturated rings. The molecular formula is C13H17NO5S. The molecule has 1 aromatic rings. The summed E-state index contributed by atoms with van der Waals surface area (Å²) in [6.07, 6.45) is 0. The molecule has 3 rings (SSSR count). The summed E-state index contributed by atoms with van der Waals surface area (Å²) in [7, 11) is -1.84. The molecule has 2 aliphatic rings. The van der Waals surface area contributed by atoms with Gasteiger partial charge in [0.25, 0.3) is 0 Å². The lowest BCUT2D eigenvalue weighted by atomic mass is 10.1. The van der Waals surface area contributed by atoms with Crippen molar-refractivity contribution in [1.29, 1.82) is 0 Å². The molecule has 0 saturated carbocycles. The Hall–Kier alpha value is -1.31. The van der Waals surface area contributed by atoms with Crippen molar-refractivity contribution in [2.24, 2.45) is 5.92 Å². The third-order valence-corrected chi connectivity index (χ3v) is 5.59. The van der Waals surface area contributed by atoms with Crippen molar-refractivity contribution in [2.75, 3.05) is 33.6 Å². The van der Waals surface area contributed by atoms with E-state index in [0.717, 1.165) is 0 Å². The number of nitrogens with zero attached hydrogens (tertiary/aromatic N) is 1. The average Bonchev–Trinajstić information content (AvgIpc) is 2.78. The van der Waals surface area contributed by atoms with Gasteiger partial charge in [0.2, 0.25) is 16.8 Å². The minimum Gasteiger partial charge on any atom is -0.454 e. The van der Waals surface area contributed by atoms with Crippen molar-refractivity contribution in [2.45, 2.75) is 11.8 Å². The van der Waals surface area contributed by atoms with Gasteiger partial charge in [-0.25, -0.2) is 8.42 Å². The van der Waals surface area contributed by atoms with Gasteiger partial charge in [0.1, 0.15) is 0 Å². The molecule has 0 amide bonds. The van der Waals surface area contributed by atoms with Crippen molar-refractivity contribution in [3.05, 3.63) is 17.7 Å². The number of fused-ring (bicyclic) bond motifs is 1. The Bertz CT molecular complexity index is 622. The monoisotopic (exact) mass is 299 g/mol. The highest BCUT2D eigenvalue weighted by Gasteiger charge is 2.38. The van der Waals surface area contributed by atoms with Gasteiger partial charge in [-0.15, -0.1) is 0 Å². The number of hydrogen-bond donors (Lipinski definition) is 0. The van der Waals surface area contributed by atoms with Crippen molar-refractivity contribution in [1.82, 2.24) is 4.31 Å². The minimum absolute atomic E-state index is 0.137. The van der Waals surface area contributed by atoms with E-state index >= 15 is 0 Å². The first-order valence-corrected chi connectivity index (χ1v) is 7.85. The van der Waals surface area contributed by atoms with E-state index in [1.54, 1.807) is 26.2 Å². The van der Waals surface area contributed by atoms with Crippen LogP contribution in [0.25, 0.3) is 0 Å². The standard InChI is InChI=1S/C13H17NO5S/c1-9-3-11-12(19-8-18-11)4-13(9)20(15,16)14-5-10(6-14)7-17-2/h3-4,10H,5-8H2,1-2H3. The van der Waals surface area contributed by atoms with Crippen LogP contribution in [0, 0.1) is 12.8 Å². The average molecular weight is 299 g/mol. The van der Waals surface area contributed by atoms with Gasteiger partial charge in [0.05, 0.1) is 11.5 Å². The summed E-state index contributed by atoms with van der Waals surface area (Å²) in [6, 6.07) is 3.26. The fourth-order valence-corrected chi connectivity index (χ4v) is 4.32. The molecule has 0 radical (unpaired) electrons. The predicted molar refractivity (Wildman–Crippen MR) is 71.4 cm³/mol. The molecule has 0 aromatic heterocycles. The highest BCUT2D eigenvalue weighted by molar-refractivity contribution is 7.89. The zero-order valence-corrected chi connectivity index (χ0v) is 12.3. The summed E-state index contributed by atoms with van der Waals surface area (Å²) in [5.74, 6) is 1.37. The van der Waals surface area contributed by atoms with Crippen LogP contribution in [0.5, 0.6) is 11.5 Å². The SMILES string of the molecule is COCC1CN(S(=O)(=O)c2cc3c(cc2C)OCO3)C1. The largest absolute Gasteiger partial charge is 0.454 e. The van der Waals surface area contributed by atoms with Crippen molar-refractivity contribution in [3.63, 3.8) is 0 Å². The lowest BCUT2D eigenvalue weighted by Crippen LogP contribution is -2.51. The van der Waals surface area contributed by atoms with E-state index in [1.165, 1.54) is 4.31 Å². The first kappa shape index (κ1) is 13.7. The highest BCUT2D eigenvalue weighted by Crippen LogP contribution is 2.38. The van der Waals surface area contributed by atoms with E-state index in [-0.39, 0.29) is 17.6 Å². The second-order valence-corrected chi connectivity index (χ2v) is 7.02. The summed E-state index contributed by atoms with van der Waals surface area (Å²) in [6.45, 7) is 3.50. The van der Waals surface area contributed by atoms with Crippen LogP contribution in [0.4, 0.5) is 0 Å². The third-order valence-electron chi connectivity index (χ3n) is 3.61. The Morgan fingerprint density at radius 2 is 1.95 bits per heavy atom. The van der Waals surface area contributed by atoms with Crippen LogP contribution in [0.3, 0.4) is 0 Å². The molecule has 20 heavy (non-hydrogen) atoms. The Labute approximate surface area is 118 Å². The molecule has 1 saturated heterocycles. The number of methoxy groups -OCH3 is 1. The number of ether oxygens (including phenoxy) is 3. The van der Waals surface area contributed by atoms with Gasteiger partial charge in [-0.2, -0.15) is 4.31 Å². The lowest BCUT2D eigenvalue weighted by molar-refractivity contribution is 0.0821. The topological polar surface area (TPSA) is 65.1 Å². The molecule has 1 aromatic carbocycles. The van der Waals surface area contributed by atoms with E-state index in [4.69, 9.17) is 14.2 Å². The van der Waals surface area contributed by atoms with E-state index in [1.807, 2.05) is 0 Å². The Kier molecular flexibility index (Phi) is 3.35. The van der Waals surface area contributed by atoms with Crippen LogP contribution < -0.4 is 9.47 Å². The lowest BCUT2D eigenvalue weighted by Gasteiger charge is -2.37. The van der Waals surface area contributed by atoms with Gasteiger partial charge in [-0.05, 0) is 18.6 Å². The summed E-state index contributed by atoms with van der Waals surface area (Å²) < 4.78 is 42.2. The molecule has 110 valence electrons. The van der Waals surface area contributed by atoms with Gasteiger partial charge < -0.3 is 14.2 Å². The van der Waals surface area contributed by atoms with Crippen LogP contribution in [-0.2, 0) is 14.8 Å². The maximum atomic E-state index is 12.6. The van der Waals surface area contributed by atoms with E-state index in [9.17, 15) is 8.42 Å². The van der Waals surface area contributed by atoms with Crippen LogP contribution >= 0.6 is 0 Å². The molecule has 2 aliphatic heterocycles. The van der Waals surface area contributed by atoms with Gasteiger partial charge in [0.15, 0.2) is 11.5 Å². The summed E-state index contributed by atoms with van der Waals surface area (Å²) in [5.41, 5.74) is 0.671. The first-order chi connectivity index (χ1) is 9.52. The number of benzene rings is 1. The fourth-order valence-electron chi connectivity index (χ4n) is 2.50. The Morgan fingerprint density at radius 1 is 1.30 bits per heavy atom. The number of hydrogen-bond acceptors (Lipinski definition) is 5. The summed E-state index contributed by atoms with van der Waals surface area (Å²) >= 11 is 0. The molecule has 0 unspecified atom stereocenters. The number of aryl methyl sites for hydroxylation is 1.